The molecular weight excluding hydrogens is 647 g/mol. The quantitative estimate of drug-likeness (QED) is 0.153. The summed E-state index contributed by atoms with van der Waals surface area (Å²) in [7, 11) is 1.67. The van der Waals surface area contributed by atoms with E-state index in [1.54, 1.807) is 14.0 Å². The lowest BCUT2D eigenvalue weighted by molar-refractivity contribution is -0.143. The molecule has 0 radical (unpaired) electrons. The van der Waals surface area contributed by atoms with Crippen molar-refractivity contribution in [2.45, 2.75) is 90.1 Å². The third-order valence-corrected chi connectivity index (χ3v) is 11.7. The summed E-state index contributed by atoms with van der Waals surface area (Å²) in [5.41, 5.74) is 4.05. The van der Waals surface area contributed by atoms with E-state index in [1.165, 1.54) is 27.1 Å². The summed E-state index contributed by atoms with van der Waals surface area (Å²) in [5, 5.41) is -0.344. The van der Waals surface area contributed by atoms with Gasteiger partial charge in [0.2, 0.25) is 0 Å². The van der Waals surface area contributed by atoms with Gasteiger partial charge in [0, 0.05) is 29.9 Å². The van der Waals surface area contributed by atoms with Gasteiger partial charge in [-0.1, -0.05) is 51.5 Å². The molecule has 0 N–H and O–H groups in total. The predicted molar refractivity (Wildman–Crippen MR) is 191 cm³/mol. The molecule has 3 aromatic rings. The van der Waals surface area contributed by atoms with Crippen molar-refractivity contribution in [1.29, 1.82) is 0 Å². The van der Waals surface area contributed by atoms with Gasteiger partial charge in [-0.25, -0.2) is 0 Å². The van der Waals surface area contributed by atoms with Gasteiger partial charge in [0.05, 0.1) is 18.2 Å². The second-order valence-electron chi connectivity index (χ2n) is 12.5. The van der Waals surface area contributed by atoms with Crippen LogP contribution in [0.15, 0.2) is 47.3 Å². The molecule has 254 valence electrons. The van der Waals surface area contributed by atoms with Crippen LogP contribution in [0, 0.1) is 0 Å². The SMILES string of the molecule is CCCCCCCCN1C(=O)S/C(=c2/s/c(=C/c3ccc4c(c3)C3CCCC3N4c3ccc(OC)cc3)c(=O)n2CC(=O)OCC)C1=O. The fourth-order valence-corrected chi connectivity index (χ4v) is 9.27. The van der Waals surface area contributed by atoms with Crippen molar-refractivity contribution in [3.05, 3.63) is 73.1 Å². The van der Waals surface area contributed by atoms with Crippen molar-refractivity contribution in [1.82, 2.24) is 9.47 Å². The fourth-order valence-electron chi connectivity index (χ4n) is 7.13. The van der Waals surface area contributed by atoms with Crippen LogP contribution in [0.25, 0.3) is 11.0 Å². The number of hydrogen-bond donors (Lipinski definition) is 0. The summed E-state index contributed by atoms with van der Waals surface area (Å²) >= 11 is 1.99. The standard InChI is InChI=1S/C37H43N3O6S2/c1-4-6-7-8-9-10-20-38-35(43)33(48-37(38)44)36-39(23-32(41)46-5-2)34(42)31(47-36)22-24-14-19-30-28(21-24)27-12-11-13-29(27)40(30)25-15-17-26(45-3)18-16-25/h14-19,21-22,27,29H,4-13,20,23H2,1-3H3/b31-22+,36-33+. The van der Waals surface area contributed by atoms with Crippen molar-refractivity contribution in [3.63, 3.8) is 0 Å². The molecule has 3 heterocycles. The van der Waals surface area contributed by atoms with Gasteiger partial charge in [-0.05, 0) is 91.5 Å². The van der Waals surface area contributed by atoms with Crippen molar-refractivity contribution < 1.29 is 23.9 Å². The highest BCUT2D eigenvalue weighted by molar-refractivity contribution is 8.23. The molecule has 0 bridgehead atoms. The van der Waals surface area contributed by atoms with Crippen molar-refractivity contribution in [2.24, 2.45) is 0 Å². The lowest BCUT2D eigenvalue weighted by Crippen LogP contribution is -2.36. The zero-order chi connectivity index (χ0) is 33.8. The summed E-state index contributed by atoms with van der Waals surface area (Å²) in [6.07, 6.45) is 11.4. The smallest absolute Gasteiger partial charge is 0.326 e. The van der Waals surface area contributed by atoms with E-state index < -0.39 is 11.9 Å². The van der Waals surface area contributed by atoms with Crippen molar-refractivity contribution >= 4 is 62.6 Å². The first-order chi connectivity index (χ1) is 23.3. The number of carbonyl (C=O) groups excluding carboxylic acids is 3. The maximum atomic E-state index is 13.8. The third-order valence-electron chi connectivity index (χ3n) is 9.45. The summed E-state index contributed by atoms with van der Waals surface area (Å²) < 4.78 is 12.5. The van der Waals surface area contributed by atoms with E-state index in [0.717, 1.165) is 91.5 Å². The minimum Gasteiger partial charge on any atom is -0.497 e. The predicted octanol–water partition coefficient (Wildman–Crippen LogP) is 6.26. The number of unbranched alkanes of at least 4 members (excludes halogenated alkanes) is 5. The second-order valence-corrected chi connectivity index (χ2v) is 14.5. The Bertz CT molecular complexity index is 1860. The zero-order valence-electron chi connectivity index (χ0n) is 27.9. The molecule has 1 saturated carbocycles. The van der Waals surface area contributed by atoms with Gasteiger partial charge < -0.3 is 14.4 Å². The molecule has 2 aliphatic heterocycles. The van der Waals surface area contributed by atoms with E-state index in [2.05, 4.69) is 36.1 Å². The molecule has 2 aromatic carbocycles. The van der Waals surface area contributed by atoms with Crippen molar-refractivity contribution in [2.75, 3.05) is 25.2 Å². The molecular formula is C37H43N3O6S2. The fraction of sp³-hybridized carbons (Fsp3) is 0.459. The Morgan fingerprint density at radius 1 is 0.979 bits per heavy atom. The molecule has 6 rings (SSSR count). The number of nitrogens with zero attached hydrogens (tertiary/aromatic N) is 3. The highest BCUT2D eigenvalue weighted by Crippen LogP contribution is 2.52. The molecule has 2 fully saturated rings. The largest absolute Gasteiger partial charge is 0.497 e. The van der Waals surface area contributed by atoms with Gasteiger partial charge in [-0.2, -0.15) is 0 Å². The number of amides is 2. The number of ether oxygens (including phenoxy) is 2. The molecule has 2 atom stereocenters. The highest BCUT2D eigenvalue weighted by atomic mass is 32.2. The maximum absolute atomic E-state index is 13.8. The molecule has 11 heteroatoms. The lowest BCUT2D eigenvalue weighted by Gasteiger charge is -2.27. The molecule has 2 amide bonds. The number of rotatable bonds is 13. The highest BCUT2D eigenvalue weighted by Gasteiger charge is 2.42. The minimum atomic E-state index is -0.570. The third kappa shape index (κ3) is 6.85. The topological polar surface area (TPSA) is 98.2 Å². The number of imide groups is 1. The van der Waals surface area contributed by atoms with Crippen LogP contribution in [0.5, 0.6) is 5.75 Å². The minimum absolute atomic E-state index is 0.172. The van der Waals surface area contributed by atoms with E-state index in [9.17, 15) is 19.2 Å². The lowest BCUT2D eigenvalue weighted by atomic mass is 9.96. The normalized spacial score (nSPS) is 20.1. The first-order valence-electron chi connectivity index (χ1n) is 17.1. The Hall–Kier alpha value is -3.83. The van der Waals surface area contributed by atoms with E-state index >= 15 is 0 Å². The van der Waals surface area contributed by atoms with E-state index in [1.807, 2.05) is 24.3 Å². The number of aromatic nitrogens is 1. The number of methoxy groups -OCH3 is 1. The van der Waals surface area contributed by atoms with Gasteiger partial charge in [0.25, 0.3) is 16.7 Å². The van der Waals surface area contributed by atoms with Gasteiger partial charge in [0.15, 0.2) is 0 Å². The van der Waals surface area contributed by atoms with Crippen LogP contribution in [-0.2, 0) is 20.9 Å². The number of esters is 1. The molecule has 1 aromatic heterocycles. The molecule has 1 aliphatic carbocycles. The summed E-state index contributed by atoms with van der Waals surface area (Å²) in [4.78, 5) is 56.8. The van der Waals surface area contributed by atoms with Crippen LogP contribution in [0.2, 0.25) is 0 Å². The Labute approximate surface area is 289 Å². The van der Waals surface area contributed by atoms with E-state index in [-0.39, 0.29) is 28.9 Å². The Morgan fingerprint density at radius 3 is 2.50 bits per heavy atom. The summed E-state index contributed by atoms with van der Waals surface area (Å²) in [5.74, 6) is 0.231. The number of thioether (sulfide) groups is 1. The Kier molecular flexibility index (Phi) is 10.8. The van der Waals surface area contributed by atoms with Gasteiger partial charge >= 0.3 is 5.97 Å². The molecule has 3 aliphatic rings. The number of benzene rings is 2. The number of carbonyl (C=O) groups is 3. The first kappa shape index (κ1) is 34.0. The molecule has 9 nitrogen and oxygen atoms in total. The monoisotopic (exact) mass is 689 g/mol. The van der Waals surface area contributed by atoms with Gasteiger partial charge in [-0.3, -0.25) is 28.6 Å². The average molecular weight is 690 g/mol. The van der Waals surface area contributed by atoms with Gasteiger partial charge in [-0.15, -0.1) is 11.3 Å². The Morgan fingerprint density at radius 2 is 1.75 bits per heavy atom. The Balaban J connectivity index is 1.35. The number of anilines is 2. The number of fused-ring (bicyclic) bond motifs is 3. The maximum Gasteiger partial charge on any atom is 0.326 e. The molecule has 1 saturated heterocycles. The molecule has 48 heavy (non-hydrogen) atoms. The van der Waals surface area contributed by atoms with Crippen LogP contribution >= 0.6 is 23.1 Å². The number of thiazole rings is 1. The summed E-state index contributed by atoms with van der Waals surface area (Å²) in [6.45, 7) is 4.05. The van der Waals surface area contributed by atoms with Crippen LogP contribution in [0.1, 0.15) is 88.7 Å². The summed E-state index contributed by atoms with van der Waals surface area (Å²) in [6, 6.07) is 14.9. The van der Waals surface area contributed by atoms with Crippen molar-refractivity contribution in [3.8, 4) is 5.75 Å². The molecule has 0 spiro atoms. The van der Waals surface area contributed by atoms with Crippen LogP contribution in [0.4, 0.5) is 16.2 Å². The van der Waals surface area contributed by atoms with Crippen LogP contribution < -0.4 is 24.4 Å². The van der Waals surface area contributed by atoms with Gasteiger partial charge in [0.1, 0.15) is 21.9 Å². The van der Waals surface area contributed by atoms with E-state index in [0.29, 0.717) is 27.7 Å². The van der Waals surface area contributed by atoms with Crippen LogP contribution in [-0.4, -0.2) is 52.9 Å². The average Bonchev–Trinajstić information content (AvgIpc) is 3.82. The zero-order valence-corrected chi connectivity index (χ0v) is 29.5. The first-order valence-corrected chi connectivity index (χ1v) is 18.7. The van der Waals surface area contributed by atoms with E-state index in [4.69, 9.17) is 9.47 Å². The number of hydrogen-bond acceptors (Lipinski definition) is 9. The molecule has 2 unspecified atom stereocenters. The second kappa shape index (κ2) is 15.2. The van der Waals surface area contributed by atoms with Crippen LogP contribution in [0.3, 0.4) is 0 Å².